The van der Waals surface area contributed by atoms with Crippen LogP contribution in [-0.4, -0.2) is 38.7 Å². The second-order valence-electron chi connectivity index (χ2n) is 6.33. The third kappa shape index (κ3) is 3.99. The number of anilines is 1. The number of esters is 2. The lowest BCUT2D eigenvalue weighted by Crippen LogP contribution is -2.15. The first-order valence-electron chi connectivity index (χ1n) is 9.18. The number of thiophene rings is 1. The molecular weight excluding hydrogens is 406 g/mol. The topological polar surface area (TPSA) is 90.9 Å². The number of hydrogen-bond acceptors (Lipinski definition) is 7. The molecule has 0 aliphatic carbocycles. The van der Waals surface area contributed by atoms with Crippen molar-refractivity contribution in [3.63, 3.8) is 0 Å². The van der Waals surface area contributed by atoms with E-state index in [9.17, 15) is 14.4 Å². The number of fused-ring (bicyclic) bond motifs is 1. The summed E-state index contributed by atoms with van der Waals surface area (Å²) in [6.07, 6.45) is 0. The van der Waals surface area contributed by atoms with E-state index in [0.29, 0.717) is 16.9 Å². The lowest BCUT2D eigenvalue weighted by molar-refractivity contribution is 0.0527. The number of nitrogens with one attached hydrogen (secondary N) is 1. The Balaban J connectivity index is 2.05. The van der Waals surface area contributed by atoms with Crippen LogP contribution in [-0.2, 0) is 9.47 Å². The highest BCUT2D eigenvalue weighted by Crippen LogP contribution is 2.35. The summed E-state index contributed by atoms with van der Waals surface area (Å²) < 4.78 is 15.3. The summed E-state index contributed by atoms with van der Waals surface area (Å²) in [5.74, 6) is -1.29. The highest BCUT2D eigenvalue weighted by Gasteiger charge is 2.28. The lowest BCUT2D eigenvalue weighted by atomic mass is 10.1. The van der Waals surface area contributed by atoms with Crippen LogP contribution in [0.4, 0.5) is 5.00 Å². The lowest BCUT2D eigenvalue weighted by Gasteiger charge is -2.11. The van der Waals surface area contributed by atoms with Crippen molar-refractivity contribution in [3.05, 3.63) is 58.0 Å². The van der Waals surface area contributed by atoms with Gasteiger partial charge in [0.15, 0.2) is 0 Å². The van der Waals surface area contributed by atoms with Gasteiger partial charge in [0, 0.05) is 0 Å². The fraction of sp³-hybridized carbons (Fsp3) is 0.227. The first-order chi connectivity index (χ1) is 14.4. The molecule has 0 unspecified atom stereocenters. The Labute approximate surface area is 177 Å². The first-order valence-corrected chi connectivity index (χ1v) is 9.99. The summed E-state index contributed by atoms with van der Waals surface area (Å²) in [7, 11) is 2.74. The maximum Gasteiger partial charge on any atom is 0.348 e. The number of benzene rings is 2. The van der Waals surface area contributed by atoms with E-state index < -0.39 is 17.8 Å². The fourth-order valence-electron chi connectivity index (χ4n) is 3.07. The van der Waals surface area contributed by atoms with Crippen LogP contribution in [0.2, 0.25) is 0 Å². The Morgan fingerprint density at radius 1 is 1.03 bits per heavy atom. The van der Waals surface area contributed by atoms with Crippen LogP contribution in [0, 0.1) is 6.92 Å². The van der Waals surface area contributed by atoms with Gasteiger partial charge < -0.3 is 19.5 Å². The van der Waals surface area contributed by atoms with Gasteiger partial charge in [0.25, 0.3) is 5.91 Å². The zero-order valence-electron chi connectivity index (χ0n) is 17.0. The first kappa shape index (κ1) is 21.3. The van der Waals surface area contributed by atoms with E-state index in [1.807, 2.05) is 24.3 Å². The summed E-state index contributed by atoms with van der Waals surface area (Å²) in [5.41, 5.74) is 0.832. The van der Waals surface area contributed by atoms with Gasteiger partial charge in [-0.3, -0.25) is 4.79 Å². The average Bonchev–Trinajstić information content (AvgIpc) is 3.07. The van der Waals surface area contributed by atoms with Crippen molar-refractivity contribution in [3.8, 4) is 5.75 Å². The Bertz CT molecular complexity index is 1130. The van der Waals surface area contributed by atoms with Gasteiger partial charge in [-0.2, -0.15) is 0 Å². The molecule has 0 bridgehead atoms. The molecule has 0 fully saturated rings. The van der Waals surface area contributed by atoms with Gasteiger partial charge in [-0.05, 0) is 42.3 Å². The number of carbonyl (C=O) groups excluding carboxylic acids is 3. The molecule has 30 heavy (non-hydrogen) atoms. The average molecular weight is 427 g/mol. The second kappa shape index (κ2) is 8.96. The van der Waals surface area contributed by atoms with Crippen molar-refractivity contribution < 1.29 is 28.6 Å². The largest absolute Gasteiger partial charge is 0.496 e. The SMILES string of the molecule is CCOC(=O)c1c(NC(=O)c2cc3ccccc3cc2OC)sc(C(=O)OC)c1C. The molecule has 1 N–H and O–H groups in total. The van der Waals surface area contributed by atoms with Crippen LogP contribution >= 0.6 is 11.3 Å². The molecule has 0 saturated carbocycles. The fourth-order valence-corrected chi connectivity index (χ4v) is 4.18. The van der Waals surface area contributed by atoms with Crippen LogP contribution in [0.1, 0.15) is 42.9 Å². The molecular formula is C22H21NO6S. The minimum Gasteiger partial charge on any atom is -0.496 e. The van der Waals surface area contributed by atoms with Crippen LogP contribution in [0.5, 0.6) is 5.75 Å². The van der Waals surface area contributed by atoms with Gasteiger partial charge >= 0.3 is 11.9 Å². The minimum absolute atomic E-state index is 0.135. The number of rotatable bonds is 6. The summed E-state index contributed by atoms with van der Waals surface area (Å²) in [6, 6.07) is 11.1. The maximum absolute atomic E-state index is 13.1. The second-order valence-corrected chi connectivity index (χ2v) is 7.35. The highest BCUT2D eigenvalue weighted by molar-refractivity contribution is 7.18. The molecule has 3 rings (SSSR count). The monoisotopic (exact) mass is 427 g/mol. The van der Waals surface area contributed by atoms with Crippen molar-refractivity contribution in [1.29, 1.82) is 0 Å². The van der Waals surface area contributed by atoms with E-state index >= 15 is 0 Å². The van der Waals surface area contributed by atoms with E-state index in [0.717, 1.165) is 22.1 Å². The summed E-state index contributed by atoms with van der Waals surface area (Å²) in [5, 5.41) is 4.75. The number of carbonyl (C=O) groups is 3. The quantitative estimate of drug-likeness (QED) is 0.585. The number of methoxy groups -OCH3 is 2. The van der Waals surface area contributed by atoms with Crippen LogP contribution in [0.25, 0.3) is 10.8 Å². The van der Waals surface area contributed by atoms with Gasteiger partial charge in [0.05, 0.1) is 32.0 Å². The predicted molar refractivity (Wildman–Crippen MR) is 115 cm³/mol. The van der Waals surface area contributed by atoms with E-state index in [4.69, 9.17) is 14.2 Å². The Hall–Kier alpha value is -3.39. The highest BCUT2D eigenvalue weighted by atomic mass is 32.1. The Morgan fingerprint density at radius 2 is 1.70 bits per heavy atom. The van der Waals surface area contributed by atoms with E-state index in [1.165, 1.54) is 14.2 Å². The molecule has 0 aliphatic rings. The molecule has 1 heterocycles. The van der Waals surface area contributed by atoms with Crippen molar-refractivity contribution >= 4 is 45.0 Å². The molecule has 0 saturated heterocycles. The van der Waals surface area contributed by atoms with Crippen molar-refractivity contribution in [1.82, 2.24) is 0 Å². The molecule has 0 atom stereocenters. The van der Waals surface area contributed by atoms with Gasteiger partial charge in [-0.1, -0.05) is 24.3 Å². The maximum atomic E-state index is 13.1. The van der Waals surface area contributed by atoms with Gasteiger partial charge in [-0.15, -0.1) is 11.3 Å². The Morgan fingerprint density at radius 3 is 2.30 bits per heavy atom. The van der Waals surface area contributed by atoms with Gasteiger partial charge in [-0.25, -0.2) is 9.59 Å². The number of ether oxygens (including phenoxy) is 3. The zero-order valence-corrected chi connectivity index (χ0v) is 17.8. The molecule has 7 nitrogen and oxygen atoms in total. The number of hydrogen-bond donors (Lipinski definition) is 1. The number of amides is 1. The van der Waals surface area contributed by atoms with Crippen molar-refractivity contribution in [2.75, 3.05) is 26.1 Å². The van der Waals surface area contributed by atoms with Crippen molar-refractivity contribution in [2.24, 2.45) is 0 Å². The molecule has 8 heteroatoms. The molecule has 0 spiro atoms. The molecule has 2 aromatic carbocycles. The van der Waals surface area contributed by atoms with Crippen LogP contribution < -0.4 is 10.1 Å². The van der Waals surface area contributed by atoms with Crippen LogP contribution in [0.15, 0.2) is 36.4 Å². The molecule has 0 aliphatic heterocycles. The van der Waals surface area contributed by atoms with E-state index in [2.05, 4.69) is 5.32 Å². The zero-order chi connectivity index (χ0) is 21.8. The van der Waals surface area contributed by atoms with E-state index in [1.54, 1.807) is 26.0 Å². The predicted octanol–water partition coefficient (Wildman–Crippen LogP) is 4.43. The van der Waals surface area contributed by atoms with E-state index in [-0.39, 0.29) is 22.0 Å². The standard InChI is InChI=1S/C22H21NO6S/c1-5-29-21(25)17-12(2)18(22(26)28-4)30-20(17)23-19(24)15-10-13-8-6-7-9-14(13)11-16(15)27-3/h6-11H,5H2,1-4H3,(H,23,24). The Kier molecular flexibility index (Phi) is 6.37. The molecule has 156 valence electrons. The molecule has 0 radical (unpaired) electrons. The van der Waals surface area contributed by atoms with Gasteiger partial charge in [0.2, 0.25) is 0 Å². The summed E-state index contributed by atoms with van der Waals surface area (Å²) in [4.78, 5) is 37.9. The molecule has 1 aromatic heterocycles. The molecule has 1 amide bonds. The third-order valence-electron chi connectivity index (χ3n) is 4.54. The van der Waals surface area contributed by atoms with Gasteiger partial charge in [0.1, 0.15) is 15.6 Å². The molecule has 3 aromatic rings. The van der Waals surface area contributed by atoms with Crippen LogP contribution in [0.3, 0.4) is 0 Å². The van der Waals surface area contributed by atoms with Crippen molar-refractivity contribution in [2.45, 2.75) is 13.8 Å². The smallest absolute Gasteiger partial charge is 0.348 e. The normalized spacial score (nSPS) is 10.5. The minimum atomic E-state index is -0.623. The summed E-state index contributed by atoms with van der Waals surface area (Å²) in [6.45, 7) is 3.45. The third-order valence-corrected chi connectivity index (χ3v) is 5.72. The summed E-state index contributed by atoms with van der Waals surface area (Å²) >= 11 is 0.965.